The largest absolute Gasteiger partial charge is 0.396 e. The zero-order valence-electron chi connectivity index (χ0n) is 20.6. The fourth-order valence-electron chi connectivity index (χ4n) is 3.92. The molecule has 4 aromatic rings. The lowest BCUT2D eigenvalue weighted by atomic mass is 10.0. The predicted octanol–water partition coefficient (Wildman–Crippen LogP) is 5.71. The first kappa shape index (κ1) is 24.3. The van der Waals surface area contributed by atoms with Crippen molar-refractivity contribution in [3.8, 4) is 22.6 Å². The molecule has 0 bridgehead atoms. The third-order valence-electron chi connectivity index (χ3n) is 5.83. The number of aliphatic hydroxyl groups is 1. The molecule has 6 nitrogen and oxygen atoms in total. The van der Waals surface area contributed by atoms with E-state index in [2.05, 4.69) is 47.4 Å². The van der Waals surface area contributed by atoms with Crippen LogP contribution in [0.15, 0.2) is 55.0 Å². The van der Waals surface area contributed by atoms with Crippen molar-refractivity contribution in [1.82, 2.24) is 19.5 Å². The second-order valence-electron chi connectivity index (χ2n) is 10.0. The number of ether oxygens (including phenoxy) is 1. The summed E-state index contributed by atoms with van der Waals surface area (Å²) in [6.07, 6.45) is 5.29. The van der Waals surface area contributed by atoms with E-state index < -0.39 is 8.07 Å². The maximum atomic E-state index is 9.17. The van der Waals surface area contributed by atoms with Gasteiger partial charge in [0.1, 0.15) is 6.73 Å². The Bertz CT molecular complexity index is 1260. The van der Waals surface area contributed by atoms with E-state index in [0.717, 1.165) is 70.3 Å². The van der Waals surface area contributed by atoms with Crippen molar-refractivity contribution in [2.75, 3.05) is 13.2 Å². The first-order valence-electron chi connectivity index (χ1n) is 11.9. The van der Waals surface area contributed by atoms with Crippen LogP contribution < -0.4 is 0 Å². The van der Waals surface area contributed by atoms with Crippen LogP contribution in [0.3, 0.4) is 0 Å². The number of fused-ring (bicyclic) bond motifs is 1. The van der Waals surface area contributed by atoms with Gasteiger partial charge in [0.05, 0.1) is 28.9 Å². The average molecular weight is 475 g/mol. The molecule has 3 aromatic heterocycles. The molecule has 0 unspecified atom stereocenters. The summed E-state index contributed by atoms with van der Waals surface area (Å²) in [6.45, 7) is 10.5. The number of imidazole rings is 1. The monoisotopic (exact) mass is 474 g/mol. The minimum atomic E-state index is -1.15. The Hall–Kier alpha value is -2.87. The van der Waals surface area contributed by atoms with Gasteiger partial charge in [-0.05, 0) is 61.7 Å². The van der Waals surface area contributed by atoms with Crippen LogP contribution in [0.4, 0.5) is 0 Å². The van der Waals surface area contributed by atoms with E-state index in [4.69, 9.17) is 19.8 Å². The third-order valence-corrected chi connectivity index (χ3v) is 7.53. The molecule has 0 atom stereocenters. The SMILES string of the molecule is Cc1cccc(-c2c(-c3ccc4ncc(CCCO)cc4c3)ncn2COCC[Si](C)(C)C)n1. The van der Waals surface area contributed by atoms with Crippen LogP contribution in [-0.2, 0) is 17.9 Å². The zero-order chi connectivity index (χ0) is 24.1. The van der Waals surface area contributed by atoms with Gasteiger partial charge >= 0.3 is 0 Å². The Morgan fingerprint density at radius 3 is 2.68 bits per heavy atom. The molecule has 0 amide bonds. The Morgan fingerprint density at radius 2 is 1.91 bits per heavy atom. The number of aromatic nitrogens is 4. The second kappa shape index (κ2) is 10.6. The normalized spacial score (nSPS) is 11.9. The maximum absolute atomic E-state index is 9.17. The first-order chi connectivity index (χ1) is 16.3. The lowest BCUT2D eigenvalue weighted by Crippen LogP contribution is -2.22. The molecule has 0 aliphatic rings. The molecule has 0 aliphatic heterocycles. The van der Waals surface area contributed by atoms with Gasteiger partial charge in [-0.2, -0.15) is 0 Å². The van der Waals surface area contributed by atoms with Crippen molar-refractivity contribution in [2.24, 2.45) is 0 Å². The standard InChI is InChI=1S/C27H34N4O2Si/c1-20-7-5-9-25(30-20)27-26(29-18-31(27)19-33-13-14-34(2,3)4)22-10-11-24-23(16-22)15-21(17-28-24)8-6-12-32/h5,7,9-11,15-18,32H,6,8,12-14,19H2,1-4H3. The minimum absolute atomic E-state index is 0.183. The van der Waals surface area contributed by atoms with Crippen molar-refractivity contribution >= 4 is 19.0 Å². The summed E-state index contributed by atoms with van der Waals surface area (Å²) in [7, 11) is -1.15. The van der Waals surface area contributed by atoms with E-state index in [-0.39, 0.29) is 6.61 Å². The number of pyridine rings is 2. The first-order valence-corrected chi connectivity index (χ1v) is 15.6. The molecule has 1 aromatic carbocycles. The molecule has 178 valence electrons. The summed E-state index contributed by atoms with van der Waals surface area (Å²) in [5, 5.41) is 10.2. The number of aliphatic hydroxyl groups excluding tert-OH is 1. The fourth-order valence-corrected chi connectivity index (χ4v) is 4.68. The van der Waals surface area contributed by atoms with Crippen molar-refractivity contribution in [2.45, 2.75) is 52.2 Å². The Morgan fingerprint density at radius 1 is 1.06 bits per heavy atom. The fraction of sp³-hybridized carbons (Fsp3) is 0.370. The van der Waals surface area contributed by atoms with Gasteiger partial charge in [0.25, 0.3) is 0 Å². The van der Waals surface area contributed by atoms with Gasteiger partial charge in [-0.15, -0.1) is 0 Å². The maximum Gasteiger partial charge on any atom is 0.124 e. The van der Waals surface area contributed by atoms with Gasteiger partial charge in [-0.25, -0.2) is 4.98 Å². The molecule has 0 fully saturated rings. The van der Waals surface area contributed by atoms with Crippen LogP contribution in [0.25, 0.3) is 33.5 Å². The van der Waals surface area contributed by atoms with Crippen molar-refractivity contribution in [3.63, 3.8) is 0 Å². The Balaban J connectivity index is 1.70. The number of nitrogens with zero attached hydrogens (tertiary/aromatic N) is 4. The quantitative estimate of drug-likeness (QED) is 0.236. The summed E-state index contributed by atoms with van der Waals surface area (Å²) in [5.41, 5.74) is 6.78. The van der Waals surface area contributed by atoms with E-state index >= 15 is 0 Å². The number of benzene rings is 1. The van der Waals surface area contributed by atoms with Crippen molar-refractivity contribution in [1.29, 1.82) is 0 Å². The van der Waals surface area contributed by atoms with Crippen LogP contribution in [0.5, 0.6) is 0 Å². The molecule has 3 heterocycles. The summed E-state index contributed by atoms with van der Waals surface area (Å²) in [6, 6.07) is 15.6. The van der Waals surface area contributed by atoms with Gasteiger partial charge in [0.15, 0.2) is 0 Å². The van der Waals surface area contributed by atoms with Gasteiger partial charge in [-0.3, -0.25) is 9.97 Å². The van der Waals surface area contributed by atoms with E-state index in [1.54, 1.807) is 0 Å². The number of hydrogen-bond acceptors (Lipinski definition) is 5. The van der Waals surface area contributed by atoms with Crippen LogP contribution in [0, 0.1) is 6.92 Å². The topological polar surface area (TPSA) is 73.1 Å². The van der Waals surface area contributed by atoms with Crippen molar-refractivity contribution < 1.29 is 9.84 Å². The lowest BCUT2D eigenvalue weighted by Gasteiger charge is -2.16. The molecule has 0 aliphatic carbocycles. The Labute approximate surface area is 202 Å². The summed E-state index contributed by atoms with van der Waals surface area (Å²) in [4.78, 5) is 14.2. The molecule has 1 N–H and O–H groups in total. The highest BCUT2D eigenvalue weighted by atomic mass is 28.3. The van der Waals surface area contributed by atoms with Gasteiger partial charge in [0.2, 0.25) is 0 Å². The van der Waals surface area contributed by atoms with Gasteiger partial charge < -0.3 is 14.4 Å². The zero-order valence-corrected chi connectivity index (χ0v) is 21.6. The summed E-state index contributed by atoms with van der Waals surface area (Å²) >= 11 is 0. The molecule has 0 saturated heterocycles. The van der Waals surface area contributed by atoms with Gasteiger partial charge in [0, 0.05) is 44.1 Å². The molecule has 34 heavy (non-hydrogen) atoms. The minimum Gasteiger partial charge on any atom is -0.396 e. The number of aryl methyl sites for hydroxylation is 2. The Kier molecular flexibility index (Phi) is 7.56. The summed E-state index contributed by atoms with van der Waals surface area (Å²) < 4.78 is 8.12. The van der Waals surface area contributed by atoms with Crippen LogP contribution in [0.1, 0.15) is 17.7 Å². The molecular formula is C27H34N4O2Si. The third kappa shape index (κ3) is 5.97. The molecule has 7 heteroatoms. The van der Waals surface area contributed by atoms with E-state index in [1.165, 1.54) is 0 Å². The van der Waals surface area contributed by atoms with Crippen LogP contribution in [0.2, 0.25) is 25.7 Å². The van der Waals surface area contributed by atoms with E-state index in [1.807, 2.05) is 43.7 Å². The highest BCUT2D eigenvalue weighted by molar-refractivity contribution is 6.76. The molecular weight excluding hydrogens is 440 g/mol. The van der Waals surface area contributed by atoms with E-state index in [0.29, 0.717) is 6.73 Å². The number of hydrogen-bond donors (Lipinski definition) is 1. The highest BCUT2D eigenvalue weighted by Crippen LogP contribution is 2.32. The summed E-state index contributed by atoms with van der Waals surface area (Å²) in [5.74, 6) is 0. The number of rotatable bonds is 10. The molecule has 0 saturated carbocycles. The van der Waals surface area contributed by atoms with Crippen LogP contribution in [-0.4, -0.2) is 45.9 Å². The molecule has 0 spiro atoms. The van der Waals surface area contributed by atoms with Crippen molar-refractivity contribution in [3.05, 3.63) is 66.2 Å². The smallest absolute Gasteiger partial charge is 0.124 e. The second-order valence-corrected chi connectivity index (χ2v) is 15.6. The van der Waals surface area contributed by atoms with Gasteiger partial charge in [-0.1, -0.05) is 31.8 Å². The lowest BCUT2D eigenvalue weighted by molar-refractivity contribution is 0.0881. The van der Waals surface area contributed by atoms with Crippen LogP contribution >= 0.6 is 0 Å². The average Bonchev–Trinajstić information content (AvgIpc) is 3.23. The highest BCUT2D eigenvalue weighted by Gasteiger charge is 2.18. The van der Waals surface area contributed by atoms with E-state index in [9.17, 15) is 0 Å². The molecule has 4 rings (SSSR count). The predicted molar refractivity (Wildman–Crippen MR) is 140 cm³/mol. The molecule has 0 radical (unpaired) electrons.